The van der Waals surface area contributed by atoms with Crippen LogP contribution in [0.15, 0.2) is 63.6 Å². The van der Waals surface area contributed by atoms with Crippen LogP contribution >= 0.6 is 11.6 Å². The van der Waals surface area contributed by atoms with Crippen molar-refractivity contribution in [2.24, 2.45) is 5.10 Å². The third-order valence-corrected chi connectivity index (χ3v) is 5.47. The van der Waals surface area contributed by atoms with Crippen LogP contribution in [0.25, 0.3) is 17.4 Å². The summed E-state index contributed by atoms with van der Waals surface area (Å²) in [6.45, 7) is 5.75. The lowest BCUT2D eigenvalue weighted by atomic mass is 10.1. The molecule has 0 unspecified atom stereocenters. The van der Waals surface area contributed by atoms with E-state index in [9.17, 15) is 14.9 Å². The first kappa shape index (κ1) is 20.6. The Morgan fingerprint density at radius 3 is 2.55 bits per heavy atom. The normalized spacial score (nSPS) is 15.0. The smallest absolute Gasteiger partial charge is 0.280 e. The van der Waals surface area contributed by atoms with E-state index >= 15 is 0 Å². The van der Waals surface area contributed by atoms with E-state index in [4.69, 9.17) is 16.0 Å². The van der Waals surface area contributed by atoms with E-state index in [0.717, 1.165) is 11.1 Å². The second-order valence-electron chi connectivity index (χ2n) is 7.25. The molecule has 0 aliphatic carbocycles. The van der Waals surface area contributed by atoms with Gasteiger partial charge in [0.1, 0.15) is 11.5 Å². The molecule has 1 aliphatic rings. The van der Waals surface area contributed by atoms with Crippen molar-refractivity contribution in [2.75, 3.05) is 5.01 Å². The molecule has 0 bridgehead atoms. The van der Waals surface area contributed by atoms with E-state index in [1.807, 2.05) is 32.0 Å². The van der Waals surface area contributed by atoms with Gasteiger partial charge >= 0.3 is 0 Å². The van der Waals surface area contributed by atoms with Crippen molar-refractivity contribution in [2.45, 2.75) is 20.8 Å². The van der Waals surface area contributed by atoms with Crippen LogP contribution in [-0.4, -0.2) is 16.5 Å². The van der Waals surface area contributed by atoms with Gasteiger partial charge in [-0.3, -0.25) is 14.9 Å². The lowest BCUT2D eigenvalue weighted by Gasteiger charge is -2.13. The molecule has 0 spiro atoms. The van der Waals surface area contributed by atoms with Crippen molar-refractivity contribution in [3.05, 3.63) is 86.1 Å². The summed E-state index contributed by atoms with van der Waals surface area (Å²) in [6, 6.07) is 13.2. The highest BCUT2D eigenvalue weighted by Gasteiger charge is 2.29. The van der Waals surface area contributed by atoms with Crippen LogP contribution in [0, 0.1) is 24.0 Å². The Hall–Kier alpha value is -3.71. The molecule has 0 radical (unpaired) electrons. The number of nitro benzene ring substituents is 1. The van der Waals surface area contributed by atoms with Crippen LogP contribution in [-0.2, 0) is 4.79 Å². The number of benzene rings is 2. The van der Waals surface area contributed by atoms with E-state index in [1.165, 1.54) is 23.2 Å². The average molecular weight is 436 g/mol. The minimum Gasteiger partial charge on any atom is -0.457 e. The van der Waals surface area contributed by atoms with Crippen LogP contribution < -0.4 is 5.01 Å². The minimum absolute atomic E-state index is 0.0892. The van der Waals surface area contributed by atoms with Gasteiger partial charge in [-0.05, 0) is 68.3 Å². The quantitative estimate of drug-likeness (QED) is 0.288. The Morgan fingerprint density at radius 1 is 1.06 bits per heavy atom. The molecule has 8 heteroatoms. The van der Waals surface area contributed by atoms with E-state index in [2.05, 4.69) is 5.10 Å². The number of anilines is 1. The standard InChI is InChI=1S/C23H18ClN3O4/c1-13-4-5-16(10-14(13)2)26-23(28)19(15(3)25-26)12-18-7-9-22(31-18)20-11-17(27(29)30)6-8-21(20)24/h4-12H,1-3H3. The molecule has 2 aromatic carbocycles. The first-order valence-electron chi connectivity index (χ1n) is 9.48. The summed E-state index contributed by atoms with van der Waals surface area (Å²) in [5, 5.41) is 17.1. The molecule has 0 N–H and O–H groups in total. The summed E-state index contributed by atoms with van der Waals surface area (Å²) < 4.78 is 5.81. The van der Waals surface area contributed by atoms with Gasteiger partial charge in [0.15, 0.2) is 0 Å². The number of carbonyl (C=O) groups excluding carboxylic acids is 1. The second-order valence-corrected chi connectivity index (χ2v) is 7.66. The van der Waals surface area contributed by atoms with Gasteiger partial charge in [-0.2, -0.15) is 10.1 Å². The maximum Gasteiger partial charge on any atom is 0.280 e. The SMILES string of the molecule is CC1=NN(c2ccc(C)c(C)c2)C(=O)C1=Cc1ccc(-c2cc([N+](=O)[O-])ccc2Cl)o1. The van der Waals surface area contributed by atoms with Gasteiger partial charge in [0, 0.05) is 17.7 Å². The number of furan rings is 1. The highest BCUT2D eigenvalue weighted by molar-refractivity contribution is 6.33. The molecule has 31 heavy (non-hydrogen) atoms. The zero-order valence-electron chi connectivity index (χ0n) is 17.0. The van der Waals surface area contributed by atoms with Gasteiger partial charge in [0.25, 0.3) is 11.6 Å². The molecule has 156 valence electrons. The molecule has 1 aromatic heterocycles. The Bertz CT molecular complexity index is 1290. The molecule has 7 nitrogen and oxygen atoms in total. The average Bonchev–Trinajstić information content (AvgIpc) is 3.30. The summed E-state index contributed by atoms with van der Waals surface area (Å²) in [5.41, 5.74) is 4.18. The number of hydrogen-bond donors (Lipinski definition) is 0. The summed E-state index contributed by atoms with van der Waals surface area (Å²) in [4.78, 5) is 23.5. The van der Waals surface area contributed by atoms with Crippen LogP contribution in [0.3, 0.4) is 0 Å². The molecule has 0 fully saturated rings. The van der Waals surface area contributed by atoms with Gasteiger partial charge in [-0.25, -0.2) is 0 Å². The lowest BCUT2D eigenvalue weighted by molar-refractivity contribution is -0.384. The first-order valence-corrected chi connectivity index (χ1v) is 9.85. The van der Waals surface area contributed by atoms with Crippen molar-refractivity contribution in [3.63, 3.8) is 0 Å². The van der Waals surface area contributed by atoms with Crippen LogP contribution in [0.5, 0.6) is 0 Å². The van der Waals surface area contributed by atoms with Crippen LogP contribution in [0.2, 0.25) is 5.02 Å². The number of nitrogens with zero attached hydrogens (tertiary/aromatic N) is 3. The topological polar surface area (TPSA) is 89.0 Å². The van der Waals surface area contributed by atoms with Gasteiger partial charge < -0.3 is 4.42 Å². The zero-order chi connectivity index (χ0) is 22.3. The highest BCUT2D eigenvalue weighted by Crippen LogP contribution is 2.33. The number of nitro groups is 1. The maximum absolute atomic E-state index is 13.0. The molecule has 1 amide bonds. The van der Waals surface area contributed by atoms with Crippen molar-refractivity contribution < 1.29 is 14.1 Å². The molecule has 2 heterocycles. The molecule has 1 aliphatic heterocycles. The summed E-state index contributed by atoms with van der Waals surface area (Å²) in [5.74, 6) is 0.524. The molecule has 0 saturated heterocycles. The number of non-ortho nitro benzene ring substituents is 1. The number of hydrazone groups is 1. The van der Waals surface area contributed by atoms with E-state index in [0.29, 0.717) is 39.1 Å². The fourth-order valence-electron chi connectivity index (χ4n) is 3.25. The van der Waals surface area contributed by atoms with E-state index in [-0.39, 0.29) is 11.6 Å². The predicted molar refractivity (Wildman–Crippen MR) is 120 cm³/mol. The molecular formula is C23H18ClN3O4. The van der Waals surface area contributed by atoms with Crippen LogP contribution in [0.1, 0.15) is 23.8 Å². The van der Waals surface area contributed by atoms with Gasteiger partial charge in [0.2, 0.25) is 0 Å². The summed E-state index contributed by atoms with van der Waals surface area (Å²) in [6.07, 6.45) is 1.61. The Labute approximate surface area is 183 Å². The summed E-state index contributed by atoms with van der Waals surface area (Å²) in [7, 11) is 0. The molecule has 4 rings (SSSR count). The highest BCUT2D eigenvalue weighted by atomic mass is 35.5. The Morgan fingerprint density at radius 2 is 1.84 bits per heavy atom. The third-order valence-electron chi connectivity index (χ3n) is 5.14. The molecule has 3 aromatic rings. The van der Waals surface area contributed by atoms with E-state index < -0.39 is 4.92 Å². The first-order chi connectivity index (χ1) is 14.7. The van der Waals surface area contributed by atoms with Crippen molar-refractivity contribution in [3.8, 4) is 11.3 Å². The van der Waals surface area contributed by atoms with Crippen LogP contribution in [0.4, 0.5) is 11.4 Å². The van der Waals surface area contributed by atoms with Crippen molar-refractivity contribution >= 4 is 40.7 Å². The largest absolute Gasteiger partial charge is 0.457 e. The van der Waals surface area contributed by atoms with E-state index in [1.54, 1.807) is 25.1 Å². The number of rotatable bonds is 4. The molecular weight excluding hydrogens is 418 g/mol. The fraction of sp³-hybridized carbons (Fsp3) is 0.130. The van der Waals surface area contributed by atoms with Crippen molar-refractivity contribution in [1.82, 2.24) is 0 Å². The molecule has 0 saturated carbocycles. The predicted octanol–water partition coefficient (Wildman–Crippen LogP) is 5.93. The lowest BCUT2D eigenvalue weighted by Crippen LogP contribution is -2.21. The minimum atomic E-state index is -0.496. The third kappa shape index (κ3) is 3.87. The summed E-state index contributed by atoms with van der Waals surface area (Å²) >= 11 is 6.19. The van der Waals surface area contributed by atoms with Gasteiger partial charge in [-0.1, -0.05) is 17.7 Å². The number of hydrogen-bond acceptors (Lipinski definition) is 5. The Balaban J connectivity index is 1.65. The fourth-order valence-corrected chi connectivity index (χ4v) is 3.46. The Kier molecular flexibility index (Phi) is 5.20. The number of carbonyl (C=O) groups is 1. The number of amides is 1. The van der Waals surface area contributed by atoms with Gasteiger partial charge in [0.05, 0.1) is 26.9 Å². The van der Waals surface area contributed by atoms with Gasteiger partial charge in [-0.15, -0.1) is 0 Å². The maximum atomic E-state index is 13.0. The number of halogens is 1. The molecule has 0 atom stereocenters. The zero-order valence-corrected chi connectivity index (χ0v) is 17.8. The monoisotopic (exact) mass is 435 g/mol. The second kappa shape index (κ2) is 7.85. The number of aryl methyl sites for hydroxylation is 2. The van der Waals surface area contributed by atoms with Crippen molar-refractivity contribution in [1.29, 1.82) is 0 Å².